The lowest BCUT2D eigenvalue weighted by molar-refractivity contribution is -0.372. The molecule has 3 saturated heterocycles. The first-order valence-corrected chi connectivity index (χ1v) is 17.2. The maximum absolute atomic E-state index is 14.0. The number of carbonyl (C=O) groups excluding carboxylic acids is 4. The first-order chi connectivity index (χ1) is 22.9. The van der Waals surface area contributed by atoms with Gasteiger partial charge in [-0.3, -0.25) is 4.79 Å². The van der Waals surface area contributed by atoms with Crippen molar-refractivity contribution in [2.45, 2.75) is 135 Å². The fourth-order valence-electron chi connectivity index (χ4n) is 6.88. The van der Waals surface area contributed by atoms with E-state index in [0.717, 1.165) is 18.4 Å². The predicted molar refractivity (Wildman–Crippen MR) is 179 cm³/mol. The van der Waals surface area contributed by atoms with Crippen molar-refractivity contribution in [3.8, 4) is 0 Å². The van der Waals surface area contributed by atoms with Crippen molar-refractivity contribution < 1.29 is 52.7 Å². The van der Waals surface area contributed by atoms with Gasteiger partial charge in [0.05, 0.1) is 0 Å². The normalized spacial score (nSPS) is 29.9. The highest BCUT2D eigenvalue weighted by Gasteiger charge is 2.81. The van der Waals surface area contributed by atoms with E-state index in [1.54, 1.807) is 26.8 Å². The highest BCUT2D eigenvalue weighted by Crippen LogP contribution is 2.56. The Labute approximate surface area is 289 Å². The van der Waals surface area contributed by atoms with Crippen molar-refractivity contribution in [2.75, 3.05) is 0 Å². The molecule has 1 N–H and O–H groups in total. The van der Waals surface area contributed by atoms with Gasteiger partial charge in [-0.15, -0.1) is 0 Å². The number of esters is 4. The molecule has 270 valence electrons. The van der Waals surface area contributed by atoms with Crippen molar-refractivity contribution in [1.29, 1.82) is 0 Å². The molecule has 3 heterocycles. The average molecular weight is 685 g/mol. The van der Waals surface area contributed by atoms with Crippen LogP contribution in [0.15, 0.2) is 54.6 Å². The zero-order chi connectivity index (χ0) is 36.3. The molecule has 3 fully saturated rings. The van der Waals surface area contributed by atoms with E-state index in [0.29, 0.717) is 17.9 Å². The van der Waals surface area contributed by atoms with E-state index in [2.05, 4.69) is 20.4 Å². The zero-order valence-electron chi connectivity index (χ0n) is 29.9. The van der Waals surface area contributed by atoms with E-state index in [4.69, 9.17) is 28.4 Å². The first kappa shape index (κ1) is 38.3. The molecule has 4 rings (SSSR count). The van der Waals surface area contributed by atoms with Crippen LogP contribution in [0.1, 0.15) is 86.6 Å². The molecule has 11 heteroatoms. The monoisotopic (exact) mass is 684 g/mol. The van der Waals surface area contributed by atoms with Crippen molar-refractivity contribution in [1.82, 2.24) is 0 Å². The van der Waals surface area contributed by atoms with Crippen LogP contribution in [0, 0.1) is 17.8 Å². The second-order valence-electron chi connectivity index (χ2n) is 14.8. The lowest BCUT2D eigenvalue weighted by atomic mass is 9.86. The topological polar surface area (TPSA) is 144 Å². The van der Waals surface area contributed by atoms with Crippen molar-refractivity contribution in [3.05, 3.63) is 60.2 Å². The standard InChI is InChI=1S/C38H52O11/c1-10-22(2)20-23(3)16-17-28(40)45-33-32-37(19-18-24(4)29(44-26(6)39)25(5)21-27-14-12-11-13-15-27)47-30(34(42)46-32)31(41)38(33,49-37)35(43)48-36(7,8)9/h11-17,22-23,25,29-33,41H,4,10,18-21H2,1-3,5-9H3/b17-16+/t22?,23?,25?,29?,30-,31-,32-,33-,37+,38+/m1/s1. The minimum absolute atomic E-state index is 0.0385. The summed E-state index contributed by atoms with van der Waals surface area (Å²) in [5, 5.41) is 11.6. The van der Waals surface area contributed by atoms with Gasteiger partial charge in [-0.1, -0.05) is 77.1 Å². The predicted octanol–water partition coefficient (Wildman–Crippen LogP) is 5.17. The van der Waals surface area contributed by atoms with Crippen LogP contribution >= 0.6 is 0 Å². The van der Waals surface area contributed by atoms with E-state index in [1.165, 1.54) is 13.0 Å². The molecule has 0 radical (unpaired) electrons. The second-order valence-corrected chi connectivity index (χ2v) is 14.8. The van der Waals surface area contributed by atoms with Crippen LogP contribution in [-0.4, -0.2) is 76.5 Å². The smallest absolute Gasteiger partial charge is 0.346 e. The fraction of sp³-hybridized carbons (Fsp3) is 0.632. The Morgan fingerprint density at radius 1 is 1.12 bits per heavy atom. The Morgan fingerprint density at radius 3 is 2.41 bits per heavy atom. The number of hydrogen-bond donors (Lipinski definition) is 1. The summed E-state index contributed by atoms with van der Waals surface area (Å²) in [6.07, 6.45) is -1.71. The SMILES string of the molecule is C=C(CC[C@@]12O[C@H]3C(=O)O[C@@H]1[C@@H](OC(=O)/C=C/C(C)CC(C)CC)[C@@](C(=O)OC(C)(C)C)(O2)[C@@H]3O)C(OC(C)=O)C(C)Cc1ccccc1. The quantitative estimate of drug-likeness (QED) is 0.113. The Morgan fingerprint density at radius 2 is 1.80 bits per heavy atom. The maximum Gasteiger partial charge on any atom is 0.346 e. The van der Waals surface area contributed by atoms with Crippen molar-refractivity contribution >= 4 is 23.9 Å². The number of rotatable bonds is 15. The number of aliphatic hydroxyl groups is 1. The molecular formula is C38H52O11. The molecule has 4 unspecified atom stereocenters. The lowest BCUT2D eigenvalue weighted by Gasteiger charge is -2.47. The van der Waals surface area contributed by atoms with E-state index < -0.39 is 71.4 Å². The van der Waals surface area contributed by atoms with Gasteiger partial charge in [-0.05, 0) is 63.0 Å². The van der Waals surface area contributed by atoms with Crippen molar-refractivity contribution in [3.63, 3.8) is 0 Å². The summed E-state index contributed by atoms with van der Waals surface area (Å²) in [4.78, 5) is 52.6. The summed E-state index contributed by atoms with van der Waals surface area (Å²) >= 11 is 0. The highest BCUT2D eigenvalue weighted by atomic mass is 16.8. The molecule has 3 aliphatic rings. The van der Waals surface area contributed by atoms with Crippen LogP contribution in [-0.2, 0) is 54.0 Å². The van der Waals surface area contributed by atoms with Gasteiger partial charge in [0.15, 0.2) is 18.3 Å². The van der Waals surface area contributed by atoms with Crippen LogP contribution in [0.2, 0.25) is 0 Å². The maximum atomic E-state index is 14.0. The molecule has 0 spiro atoms. The summed E-state index contributed by atoms with van der Waals surface area (Å²) in [5.41, 5.74) is -1.77. The van der Waals surface area contributed by atoms with E-state index in [9.17, 15) is 24.3 Å². The van der Waals surface area contributed by atoms with Crippen LogP contribution in [0.5, 0.6) is 0 Å². The van der Waals surface area contributed by atoms with Gasteiger partial charge in [-0.25, -0.2) is 14.4 Å². The molecule has 0 aliphatic carbocycles. The number of fused-ring (bicyclic) bond motifs is 2. The van der Waals surface area contributed by atoms with Crippen LogP contribution in [0.3, 0.4) is 0 Å². The molecule has 49 heavy (non-hydrogen) atoms. The minimum Gasteiger partial charge on any atom is -0.458 e. The van der Waals surface area contributed by atoms with Gasteiger partial charge < -0.3 is 33.5 Å². The molecule has 1 aromatic rings. The first-order valence-electron chi connectivity index (χ1n) is 17.2. The van der Waals surface area contributed by atoms with Crippen molar-refractivity contribution in [2.24, 2.45) is 17.8 Å². The third-order valence-electron chi connectivity index (χ3n) is 9.40. The van der Waals surface area contributed by atoms with E-state index in [1.807, 2.05) is 44.2 Å². The van der Waals surface area contributed by atoms with Gasteiger partial charge in [0.2, 0.25) is 11.4 Å². The third kappa shape index (κ3) is 8.44. The molecule has 0 aromatic heterocycles. The van der Waals surface area contributed by atoms with Gasteiger partial charge in [-0.2, -0.15) is 0 Å². The molecular weight excluding hydrogens is 632 g/mol. The zero-order valence-corrected chi connectivity index (χ0v) is 29.9. The van der Waals surface area contributed by atoms with Gasteiger partial charge >= 0.3 is 23.9 Å². The molecule has 1 aromatic carbocycles. The molecule has 0 amide bonds. The summed E-state index contributed by atoms with van der Waals surface area (Å²) in [6.45, 7) is 18.6. The van der Waals surface area contributed by atoms with Gasteiger partial charge in [0, 0.05) is 25.3 Å². The second kappa shape index (κ2) is 15.1. The van der Waals surface area contributed by atoms with Gasteiger partial charge in [0.1, 0.15) is 17.8 Å². The largest absolute Gasteiger partial charge is 0.458 e. The third-order valence-corrected chi connectivity index (χ3v) is 9.40. The van der Waals surface area contributed by atoms with E-state index >= 15 is 0 Å². The number of benzene rings is 1. The van der Waals surface area contributed by atoms with Crippen LogP contribution in [0.25, 0.3) is 0 Å². The number of aliphatic hydroxyl groups excluding tert-OH is 1. The molecule has 3 bridgehead atoms. The average Bonchev–Trinajstić information content (AvgIpc) is 3.22. The Kier molecular flexibility index (Phi) is 11.8. The number of ether oxygens (including phenoxy) is 6. The molecule has 11 nitrogen and oxygen atoms in total. The number of allylic oxidation sites excluding steroid dienone is 1. The highest BCUT2D eigenvalue weighted by molar-refractivity contribution is 5.89. The summed E-state index contributed by atoms with van der Waals surface area (Å²) < 4.78 is 35.6. The number of carbonyl (C=O) groups is 4. The minimum atomic E-state index is -2.34. The fourth-order valence-corrected chi connectivity index (χ4v) is 6.88. The Hall–Kier alpha value is -3.54. The Balaban J connectivity index is 1.64. The van der Waals surface area contributed by atoms with Crippen LogP contribution < -0.4 is 0 Å². The molecule has 3 aliphatic heterocycles. The van der Waals surface area contributed by atoms with E-state index in [-0.39, 0.29) is 24.7 Å². The summed E-state index contributed by atoms with van der Waals surface area (Å²) in [7, 11) is 0. The Bertz CT molecular complexity index is 1410. The van der Waals surface area contributed by atoms with Gasteiger partial charge in [0.25, 0.3) is 0 Å². The summed E-state index contributed by atoms with van der Waals surface area (Å²) in [6, 6.07) is 9.76. The number of hydrogen-bond acceptors (Lipinski definition) is 11. The molecule has 0 saturated carbocycles. The summed E-state index contributed by atoms with van der Waals surface area (Å²) in [5.74, 6) is -4.69. The van der Waals surface area contributed by atoms with Crippen LogP contribution in [0.4, 0.5) is 0 Å². The molecule has 10 atom stereocenters. The lowest BCUT2D eigenvalue weighted by Crippen LogP contribution is -2.68.